The number of benzene rings is 1. The Morgan fingerprint density at radius 2 is 2.29 bits per heavy atom. The zero-order chi connectivity index (χ0) is 10.6. The first-order chi connectivity index (χ1) is 6.65. The molecule has 76 valence electrons. The van der Waals surface area contributed by atoms with Crippen LogP contribution in [-0.4, -0.2) is 19.1 Å². The van der Waals surface area contributed by atoms with Crippen LogP contribution in [0.3, 0.4) is 0 Å². The SMILES string of the molecule is Cc1ccc(C(N)=O)c(NCCF)c1. The van der Waals surface area contributed by atoms with E-state index in [-0.39, 0.29) is 6.54 Å². The Morgan fingerprint density at radius 1 is 1.57 bits per heavy atom. The highest BCUT2D eigenvalue weighted by atomic mass is 19.1. The number of carbonyl (C=O) groups excluding carboxylic acids is 1. The van der Waals surface area contributed by atoms with Crippen molar-refractivity contribution in [3.8, 4) is 0 Å². The van der Waals surface area contributed by atoms with Crippen LogP contribution in [0, 0.1) is 6.92 Å². The van der Waals surface area contributed by atoms with Gasteiger partial charge in [-0.15, -0.1) is 0 Å². The van der Waals surface area contributed by atoms with E-state index in [4.69, 9.17) is 5.73 Å². The largest absolute Gasteiger partial charge is 0.382 e. The van der Waals surface area contributed by atoms with Gasteiger partial charge >= 0.3 is 0 Å². The van der Waals surface area contributed by atoms with Crippen LogP contribution >= 0.6 is 0 Å². The minimum Gasteiger partial charge on any atom is -0.382 e. The van der Waals surface area contributed by atoms with E-state index in [1.165, 1.54) is 0 Å². The highest BCUT2D eigenvalue weighted by Gasteiger charge is 2.06. The summed E-state index contributed by atoms with van der Waals surface area (Å²) < 4.78 is 11.9. The molecular formula is C10H13FN2O. The molecule has 0 aromatic heterocycles. The van der Waals surface area contributed by atoms with Gasteiger partial charge in [-0.25, -0.2) is 4.39 Å². The van der Waals surface area contributed by atoms with Gasteiger partial charge in [0.05, 0.1) is 5.56 Å². The van der Waals surface area contributed by atoms with Gasteiger partial charge in [0.1, 0.15) is 6.67 Å². The van der Waals surface area contributed by atoms with Gasteiger partial charge in [0, 0.05) is 12.2 Å². The normalized spacial score (nSPS) is 9.86. The summed E-state index contributed by atoms with van der Waals surface area (Å²) in [5.74, 6) is -0.508. The van der Waals surface area contributed by atoms with E-state index in [1.54, 1.807) is 18.2 Å². The van der Waals surface area contributed by atoms with Crippen molar-refractivity contribution in [3.05, 3.63) is 29.3 Å². The van der Waals surface area contributed by atoms with E-state index in [1.807, 2.05) is 6.92 Å². The summed E-state index contributed by atoms with van der Waals surface area (Å²) in [4.78, 5) is 11.0. The summed E-state index contributed by atoms with van der Waals surface area (Å²) in [6.45, 7) is 1.60. The summed E-state index contributed by atoms with van der Waals surface area (Å²) >= 11 is 0. The van der Waals surface area contributed by atoms with E-state index in [9.17, 15) is 9.18 Å². The fourth-order valence-corrected chi connectivity index (χ4v) is 1.20. The van der Waals surface area contributed by atoms with Crippen molar-refractivity contribution >= 4 is 11.6 Å². The smallest absolute Gasteiger partial charge is 0.250 e. The number of rotatable bonds is 4. The van der Waals surface area contributed by atoms with Crippen LogP contribution in [0.1, 0.15) is 15.9 Å². The van der Waals surface area contributed by atoms with Gasteiger partial charge in [-0.1, -0.05) is 6.07 Å². The van der Waals surface area contributed by atoms with Crippen LogP contribution in [0.25, 0.3) is 0 Å². The summed E-state index contributed by atoms with van der Waals surface area (Å²) in [6.07, 6.45) is 0. The number of carbonyl (C=O) groups is 1. The van der Waals surface area contributed by atoms with Crippen molar-refractivity contribution in [1.82, 2.24) is 0 Å². The van der Waals surface area contributed by atoms with Crippen LogP contribution < -0.4 is 11.1 Å². The third kappa shape index (κ3) is 2.45. The molecule has 0 fully saturated rings. The van der Waals surface area contributed by atoms with Gasteiger partial charge in [0.15, 0.2) is 0 Å². The molecule has 0 spiro atoms. The standard InChI is InChI=1S/C10H13FN2O/c1-7-2-3-8(10(12)14)9(6-7)13-5-4-11/h2-3,6,13H,4-5H2,1H3,(H2,12,14). The Balaban J connectivity index is 2.97. The van der Waals surface area contributed by atoms with Crippen molar-refractivity contribution in [1.29, 1.82) is 0 Å². The van der Waals surface area contributed by atoms with Gasteiger partial charge in [0.2, 0.25) is 0 Å². The molecule has 4 heteroatoms. The minimum absolute atomic E-state index is 0.184. The Kier molecular flexibility index (Phi) is 3.45. The quantitative estimate of drug-likeness (QED) is 0.766. The summed E-state index contributed by atoms with van der Waals surface area (Å²) in [6, 6.07) is 5.20. The summed E-state index contributed by atoms with van der Waals surface area (Å²) in [5.41, 5.74) is 7.15. The molecule has 0 aliphatic carbocycles. The Morgan fingerprint density at radius 3 is 2.86 bits per heavy atom. The zero-order valence-corrected chi connectivity index (χ0v) is 8.01. The number of hydrogen-bond donors (Lipinski definition) is 2. The first-order valence-electron chi connectivity index (χ1n) is 4.35. The fourth-order valence-electron chi connectivity index (χ4n) is 1.20. The number of amides is 1. The van der Waals surface area contributed by atoms with E-state index in [0.717, 1.165) is 5.56 Å². The lowest BCUT2D eigenvalue weighted by atomic mass is 10.1. The molecule has 0 aliphatic heterocycles. The second-order valence-electron chi connectivity index (χ2n) is 3.03. The molecule has 3 nitrogen and oxygen atoms in total. The number of aryl methyl sites for hydroxylation is 1. The van der Waals surface area contributed by atoms with Crippen LogP contribution in [0.2, 0.25) is 0 Å². The number of nitrogens with one attached hydrogen (secondary N) is 1. The van der Waals surface area contributed by atoms with Crippen molar-refractivity contribution in [3.63, 3.8) is 0 Å². The molecule has 0 radical (unpaired) electrons. The van der Waals surface area contributed by atoms with Gasteiger partial charge in [0.25, 0.3) is 5.91 Å². The fraction of sp³-hybridized carbons (Fsp3) is 0.300. The molecule has 0 saturated carbocycles. The lowest BCUT2D eigenvalue weighted by Crippen LogP contribution is -2.15. The van der Waals surface area contributed by atoms with Gasteiger partial charge in [-0.05, 0) is 24.6 Å². The van der Waals surface area contributed by atoms with E-state index in [2.05, 4.69) is 5.32 Å². The Labute approximate surface area is 82.1 Å². The predicted molar refractivity (Wildman–Crippen MR) is 54.2 cm³/mol. The molecular weight excluding hydrogens is 183 g/mol. The summed E-state index contributed by atoms with van der Waals surface area (Å²) in [7, 11) is 0. The maximum atomic E-state index is 11.9. The number of anilines is 1. The molecule has 1 amide bonds. The Hall–Kier alpha value is -1.58. The number of alkyl halides is 1. The second kappa shape index (κ2) is 4.60. The Bertz CT molecular complexity index is 339. The molecule has 0 aliphatic rings. The molecule has 1 aromatic carbocycles. The molecule has 0 atom stereocenters. The third-order valence-electron chi connectivity index (χ3n) is 1.85. The molecule has 3 N–H and O–H groups in total. The maximum Gasteiger partial charge on any atom is 0.250 e. The van der Waals surface area contributed by atoms with E-state index >= 15 is 0 Å². The molecule has 0 unspecified atom stereocenters. The predicted octanol–water partition coefficient (Wildman–Crippen LogP) is 1.48. The third-order valence-corrected chi connectivity index (χ3v) is 1.85. The van der Waals surface area contributed by atoms with Crippen LogP contribution in [-0.2, 0) is 0 Å². The topological polar surface area (TPSA) is 55.1 Å². The zero-order valence-electron chi connectivity index (χ0n) is 8.01. The first kappa shape index (κ1) is 10.5. The molecule has 1 aromatic rings. The molecule has 14 heavy (non-hydrogen) atoms. The number of halogens is 1. The van der Waals surface area contributed by atoms with Crippen LogP contribution in [0.5, 0.6) is 0 Å². The average Bonchev–Trinajstić information content (AvgIpc) is 2.14. The summed E-state index contributed by atoms with van der Waals surface area (Å²) in [5, 5.41) is 2.81. The van der Waals surface area contributed by atoms with Crippen molar-refractivity contribution in [2.45, 2.75) is 6.92 Å². The second-order valence-corrected chi connectivity index (χ2v) is 3.03. The molecule has 1 rings (SSSR count). The van der Waals surface area contributed by atoms with Gasteiger partial charge in [-0.3, -0.25) is 4.79 Å². The van der Waals surface area contributed by atoms with Gasteiger partial charge < -0.3 is 11.1 Å². The molecule has 0 saturated heterocycles. The first-order valence-corrected chi connectivity index (χ1v) is 4.35. The lowest BCUT2D eigenvalue weighted by molar-refractivity contribution is 0.100. The number of nitrogens with two attached hydrogens (primary N) is 1. The molecule has 0 bridgehead atoms. The highest BCUT2D eigenvalue weighted by Crippen LogP contribution is 2.16. The maximum absolute atomic E-state index is 11.9. The van der Waals surface area contributed by atoms with Crippen molar-refractivity contribution in [2.75, 3.05) is 18.5 Å². The number of primary amides is 1. The van der Waals surface area contributed by atoms with Gasteiger partial charge in [-0.2, -0.15) is 0 Å². The lowest BCUT2D eigenvalue weighted by Gasteiger charge is -2.09. The highest BCUT2D eigenvalue weighted by molar-refractivity contribution is 5.98. The molecule has 0 heterocycles. The minimum atomic E-state index is -0.508. The monoisotopic (exact) mass is 196 g/mol. The van der Waals surface area contributed by atoms with Crippen LogP contribution in [0.4, 0.5) is 10.1 Å². The number of hydrogen-bond acceptors (Lipinski definition) is 2. The van der Waals surface area contributed by atoms with Crippen molar-refractivity contribution < 1.29 is 9.18 Å². The van der Waals surface area contributed by atoms with Crippen molar-refractivity contribution in [2.24, 2.45) is 5.73 Å². The van der Waals surface area contributed by atoms with Crippen LogP contribution in [0.15, 0.2) is 18.2 Å². The average molecular weight is 196 g/mol. The van der Waals surface area contributed by atoms with E-state index in [0.29, 0.717) is 11.3 Å². The van der Waals surface area contributed by atoms with E-state index < -0.39 is 12.6 Å².